The van der Waals surface area contributed by atoms with Crippen LogP contribution >= 0.6 is 0 Å². The van der Waals surface area contributed by atoms with E-state index in [0.29, 0.717) is 0 Å². The van der Waals surface area contributed by atoms with E-state index < -0.39 is 0 Å². The Bertz CT molecular complexity index is 911. The van der Waals surface area contributed by atoms with Crippen molar-refractivity contribution in [3.63, 3.8) is 0 Å². The summed E-state index contributed by atoms with van der Waals surface area (Å²) < 4.78 is 4.68. The fourth-order valence-electron chi connectivity index (χ4n) is 3.27. The lowest BCUT2D eigenvalue weighted by Gasteiger charge is -2.00. The lowest BCUT2D eigenvalue weighted by molar-refractivity contribution is -0.663. The van der Waals surface area contributed by atoms with Crippen LogP contribution in [0.1, 0.15) is 22.3 Å². The first kappa shape index (κ1) is 15.6. The molecule has 124 valence electrons. The molecule has 0 atom stereocenters. The molecule has 0 amide bonds. The first-order valence-corrected chi connectivity index (χ1v) is 8.77. The van der Waals surface area contributed by atoms with Gasteiger partial charge in [-0.15, -0.1) is 0 Å². The highest BCUT2D eigenvalue weighted by Crippen LogP contribution is 2.14. The lowest BCUT2D eigenvalue weighted by Crippen LogP contribution is -2.32. The summed E-state index contributed by atoms with van der Waals surface area (Å²) in [4.78, 5) is 0. The topological polar surface area (TPSA) is 8.81 Å². The van der Waals surface area contributed by atoms with E-state index in [0.717, 1.165) is 13.1 Å². The minimum atomic E-state index is 0.891. The number of rotatable bonds is 4. The molecular weight excluding hydrogens is 304 g/mol. The maximum Gasteiger partial charge on any atom is 0.245 e. The second-order valence-electron chi connectivity index (χ2n) is 6.83. The maximum atomic E-state index is 2.34. The third kappa shape index (κ3) is 3.34. The maximum absolute atomic E-state index is 2.34. The second kappa shape index (κ2) is 6.56. The summed E-state index contributed by atoms with van der Waals surface area (Å²) in [5.41, 5.74) is 7.80. The molecule has 0 spiro atoms. The van der Waals surface area contributed by atoms with Gasteiger partial charge in [-0.3, -0.25) is 0 Å². The van der Waals surface area contributed by atoms with Crippen molar-refractivity contribution in [3.05, 3.63) is 101 Å². The average Bonchev–Trinajstić information content (AvgIpc) is 2.97. The van der Waals surface area contributed by atoms with Crippen molar-refractivity contribution >= 4 is 11.0 Å². The monoisotopic (exact) mass is 327 g/mol. The molecule has 0 aliphatic rings. The molecule has 0 radical (unpaired) electrons. The molecule has 0 fully saturated rings. The molecule has 2 heteroatoms. The highest BCUT2D eigenvalue weighted by molar-refractivity contribution is 5.71. The van der Waals surface area contributed by atoms with Crippen LogP contribution < -0.4 is 4.57 Å². The number of hydrogen-bond donors (Lipinski definition) is 0. The van der Waals surface area contributed by atoms with Gasteiger partial charge in [0, 0.05) is 0 Å². The third-order valence-electron chi connectivity index (χ3n) is 4.73. The molecule has 3 aromatic carbocycles. The Labute approximate surface area is 149 Å². The zero-order valence-corrected chi connectivity index (χ0v) is 14.8. The van der Waals surface area contributed by atoms with Crippen molar-refractivity contribution in [2.75, 3.05) is 0 Å². The number of imidazole rings is 1. The molecule has 0 N–H and O–H groups in total. The summed E-state index contributed by atoms with van der Waals surface area (Å²) in [5.74, 6) is 0. The number of fused-ring (bicyclic) bond motifs is 1. The van der Waals surface area contributed by atoms with Crippen LogP contribution in [0.2, 0.25) is 0 Å². The van der Waals surface area contributed by atoms with Gasteiger partial charge < -0.3 is 0 Å². The Morgan fingerprint density at radius 3 is 2.00 bits per heavy atom. The standard InChI is InChI=1S/C23H23N2/c1-18-7-11-20(12-8-18)15-24-17-25(23-6-4-3-5-22(23)24)16-21-13-9-19(2)10-14-21/h3-14,17H,15-16H2,1-2H3/q+1. The summed E-state index contributed by atoms with van der Waals surface area (Å²) in [6.07, 6.45) is 2.24. The van der Waals surface area contributed by atoms with Crippen molar-refractivity contribution in [1.29, 1.82) is 0 Å². The molecule has 0 aliphatic heterocycles. The number of aryl methyl sites for hydroxylation is 2. The Balaban J connectivity index is 1.70. The molecule has 1 aromatic heterocycles. The molecule has 0 bridgehead atoms. The molecule has 0 aliphatic carbocycles. The van der Waals surface area contributed by atoms with Crippen molar-refractivity contribution in [2.24, 2.45) is 0 Å². The lowest BCUT2D eigenvalue weighted by atomic mass is 10.1. The zero-order valence-electron chi connectivity index (χ0n) is 14.8. The summed E-state index contributed by atoms with van der Waals surface area (Å²) in [7, 11) is 0. The first-order valence-electron chi connectivity index (χ1n) is 8.77. The third-order valence-corrected chi connectivity index (χ3v) is 4.73. The van der Waals surface area contributed by atoms with Crippen LogP contribution in [0.15, 0.2) is 79.1 Å². The Morgan fingerprint density at radius 2 is 1.32 bits per heavy atom. The summed E-state index contributed by atoms with van der Waals surface area (Å²) >= 11 is 0. The quantitative estimate of drug-likeness (QED) is 0.483. The SMILES string of the molecule is Cc1ccc(Cn2c[n+](Cc3ccc(C)cc3)c3ccccc32)cc1. The van der Waals surface area contributed by atoms with E-state index in [2.05, 4.69) is 102 Å². The summed E-state index contributed by atoms with van der Waals surface area (Å²) in [6, 6.07) is 26.2. The van der Waals surface area contributed by atoms with Gasteiger partial charge in [-0.25, -0.2) is 9.13 Å². The van der Waals surface area contributed by atoms with Gasteiger partial charge in [-0.05, 0) is 37.1 Å². The van der Waals surface area contributed by atoms with Gasteiger partial charge in [0.1, 0.15) is 13.1 Å². The predicted molar refractivity (Wildman–Crippen MR) is 103 cm³/mol. The van der Waals surface area contributed by atoms with Crippen LogP contribution in [0.25, 0.3) is 11.0 Å². The van der Waals surface area contributed by atoms with Gasteiger partial charge >= 0.3 is 0 Å². The van der Waals surface area contributed by atoms with Crippen LogP contribution in [0.4, 0.5) is 0 Å². The molecule has 0 unspecified atom stereocenters. The van der Waals surface area contributed by atoms with E-state index in [9.17, 15) is 0 Å². The van der Waals surface area contributed by atoms with Crippen molar-refractivity contribution < 1.29 is 4.57 Å². The van der Waals surface area contributed by atoms with Gasteiger partial charge in [0.25, 0.3) is 0 Å². The fraction of sp³-hybridized carbons (Fsp3) is 0.174. The molecule has 4 rings (SSSR count). The summed E-state index contributed by atoms with van der Waals surface area (Å²) in [6.45, 7) is 6.04. The second-order valence-corrected chi connectivity index (χ2v) is 6.83. The number of nitrogens with zero attached hydrogens (tertiary/aromatic N) is 2. The van der Waals surface area contributed by atoms with Crippen molar-refractivity contribution in [1.82, 2.24) is 4.57 Å². The predicted octanol–water partition coefficient (Wildman–Crippen LogP) is 4.64. The van der Waals surface area contributed by atoms with Gasteiger partial charge in [0.2, 0.25) is 6.33 Å². The van der Waals surface area contributed by atoms with E-state index in [1.165, 1.54) is 33.3 Å². The first-order chi connectivity index (χ1) is 12.2. The minimum Gasteiger partial charge on any atom is -0.226 e. The van der Waals surface area contributed by atoms with E-state index in [-0.39, 0.29) is 0 Å². The molecule has 1 heterocycles. The average molecular weight is 327 g/mol. The van der Waals surface area contributed by atoms with Crippen LogP contribution in [0.5, 0.6) is 0 Å². The van der Waals surface area contributed by atoms with Gasteiger partial charge in [0.15, 0.2) is 11.0 Å². The number of hydrogen-bond acceptors (Lipinski definition) is 0. The Morgan fingerprint density at radius 1 is 0.720 bits per heavy atom. The molecule has 0 saturated heterocycles. The van der Waals surface area contributed by atoms with Gasteiger partial charge in [0.05, 0.1) is 0 Å². The summed E-state index contributed by atoms with van der Waals surface area (Å²) in [5, 5.41) is 0. The molecular formula is C23H23N2+. The van der Waals surface area contributed by atoms with Crippen LogP contribution in [0, 0.1) is 13.8 Å². The normalized spacial score (nSPS) is 11.1. The van der Waals surface area contributed by atoms with Crippen molar-refractivity contribution in [3.8, 4) is 0 Å². The van der Waals surface area contributed by atoms with Crippen molar-refractivity contribution in [2.45, 2.75) is 26.9 Å². The number of benzene rings is 3. The largest absolute Gasteiger partial charge is 0.245 e. The minimum absolute atomic E-state index is 0.891. The molecule has 25 heavy (non-hydrogen) atoms. The van der Waals surface area contributed by atoms with E-state index in [4.69, 9.17) is 0 Å². The highest BCUT2D eigenvalue weighted by Gasteiger charge is 2.15. The Hall–Kier alpha value is -2.87. The number of aromatic nitrogens is 2. The number of para-hydroxylation sites is 2. The fourth-order valence-corrected chi connectivity index (χ4v) is 3.27. The highest BCUT2D eigenvalue weighted by atomic mass is 15.1. The van der Waals surface area contributed by atoms with Gasteiger partial charge in [-0.2, -0.15) is 0 Å². The smallest absolute Gasteiger partial charge is 0.226 e. The van der Waals surface area contributed by atoms with E-state index >= 15 is 0 Å². The van der Waals surface area contributed by atoms with E-state index in [1.54, 1.807) is 0 Å². The zero-order chi connectivity index (χ0) is 17.2. The molecule has 0 saturated carbocycles. The van der Waals surface area contributed by atoms with Gasteiger partial charge in [-0.1, -0.05) is 71.8 Å². The van der Waals surface area contributed by atoms with Crippen LogP contribution in [-0.2, 0) is 13.1 Å². The molecule has 4 aromatic rings. The Kier molecular flexibility index (Phi) is 4.10. The van der Waals surface area contributed by atoms with Crippen LogP contribution in [-0.4, -0.2) is 4.57 Å². The van der Waals surface area contributed by atoms with E-state index in [1.807, 2.05) is 0 Å². The van der Waals surface area contributed by atoms with Crippen LogP contribution in [0.3, 0.4) is 0 Å². The molecule has 2 nitrogen and oxygen atoms in total.